The molecule has 5 amide bonds. The Balaban J connectivity index is 1.57. The van der Waals surface area contributed by atoms with Gasteiger partial charge in [0, 0.05) is 13.0 Å². The van der Waals surface area contributed by atoms with Crippen molar-refractivity contribution < 1.29 is 33.4 Å². The van der Waals surface area contributed by atoms with Gasteiger partial charge in [0.25, 0.3) is 11.8 Å². The normalized spacial score (nSPS) is 18.0. The highest BCUT2D eigenvalue weighted by Crippen LogP contribution is 2.32. The highest BCUT2D eigenvalue weighted by atomic mass is 16.5. The minimum absolute atomic E-state index is 0.0387. The van der Waals surface area contributed by atoms with E-state index in [0.717, 1.165) is 17.7 Å². The first-order valence-electron chi connectivity index (χ1n) is 10.7. The highest BCUT2D eigenvalue weighted by Gasteiger charge is 2.45. The van der Waals surface area contributed by atoms with Gasteiger partial charge in [-0.3, -0.25) is 34.2 Å². The molecule has 2 aliphatic heterocycles. The first kappa shape index (κ1) is 23.6. The van der Waals surface area contributed by atoms with Gasteiger partial charge in [-0.05, 0) is 25.0 Å². The molecule has 172 valence electrons. The van der Waals surface area contributed by atoms with Crippen LogP contribution >= 0.6 is 0 Å². The zero-order chi connectivity index (χ0) is 23.1. The topological polar surface area (TPSA) is 131 Å². The van der Waals surface area contributed by atoms with Crippen LogP contribution in [0, 0.1) is 0 Å². The van der Waals surface area contributed by atoms with E-state index in [0.29, 0.717) is 19.8 Å². The molecule has 0 radical (unpaired) electrons. The van der Waals surface area contributed by atoms with Crippen LogP contribution in [-0.4, -0.2) is 66.9 Å². The van der Waals surface area contributed by atoms with E-state index in [1.807, 2.05) is 0 Å². The molecule has 1 saturated heterocycles. The van der Waals surface area contributed by atoms with Gasteiger partial charge in [0.15, 0.2) is 0 Å². The van der Waals surface area contributed by atoms with Crippen molar-refractivity contribution in [2.24, 2.45) is 0 Å². The molecule has 10 heteroatoms. The van der Waals surface area contributed by atoms with Crippen molar-refractivity contribution in [3.05, 3.63) is 29.3 Å². The molecule has 32 heavy (non-hydrogen) atoms. The maximum absolute atomic E-state index is 13.0. The van der Waals surface area contributed by atoms with Gasteiger partial charge in [-0.25, -0.2) is 0 Å². The number of benzene rings is 1. The quantitative estimate of drug-likeness (QED) is 0.387. The lowest BCUT2D eigenvalue weighted by atomic mass is 10.0. The van der Waals surface area contributed by atoms with Crippen LogP contribution in [0.2, 0.25) is 0 Å². The summed E-state index contributed by atoms with van der Waals surface area (Å²) in [5.41, 5.74) is 0.349. The fourth-order valence-electron chi connectivity index (χ4n) is 3.57. The summed E-state index contributed by atoms with van der Waals surface area (Å²) in [7, 11) is 0. The molecule has 2 heterocycles. The molecule has 1 aromatic carbocycles. The van der Waals surface area contributed by atoms with Gasteiger partial charge in [0.2, 0.25) is 17.7 Å². The number of unbranched alkanes of at least 4 members (excludes halogenated alkanes) is 1. The van der Waals surface area contributed by atoms with Crippen LogP contribution in [0.1, 0.15) is 59.7 Å². The molecule has 10 nitrogen and oxygen atoms in total. The van der Waals surface area contributed by atoms with E-state index in [4.69, 9.17) is 9.47 Å². The second kappa shape index (κ2) is 11.0. The summed E-state index contributed by atoms with van der Waals surface area (Å²) in [5, 5.41) is 4.80. The van der Waals surface area contributed by atoms with Crippen LogP contribution in [0.25, 0.3) is 0 Å². The molecule has 1 atom stereocenters. The first-order valence-corrected chi connectivity index (χ1v) is 10.7. The van der Waals surface area contributed by atoms with E-state index < -0.39 is 29.7 Å². The molecular formula is C22H27N3O7. The zero-order valence-electron chi connectivity index (χ0n) is 18.0. The first-order chi connectivity index (χ1) is 15.4. The maximum atomic E-state index is 13.0. The number of nitrogens with one attached hydrogen (secondary N) is 2. The second-order valence-corrected chi connectivity index (χ2v) is 7.55. The molecule has 0 saturated carbocycles. The van der Waals surface area contributed by atoms with Crippen LogP contribution in [0.4, 0.5) is 5.69 Å². The predicted molar refractivity (Wildman–Crippen MR) is 113 cm³/mol. The lowest BCUT2D eigenvalue weighted by molar-refractivity contribution is -0.136. The van der Waals surface area contributed by atoms with Crippen LogP contribution in [0.3, 0.4) is 0 Å². The van der Waals surface area contributed by atoms with Crippen molar-refractivity contribution in [2.75, 3.05) is 31.7 Å². The Kier molecular flexibility index (Phi) is 8.07. The molecule has 1 fully saturated rings. The average molecular weight is 445 g/mol. The summed E-state index contributed by atoms with van der Waals surface area (Å²) < 4.78 is 10.8. The summed E-state index contributed by atoms with van der Waals surface area (Å²) in [6, 6.07) is 3.49. The van der Waals surface area contributed by atoms with Crippen LogP contribution in [0.5, 0.6) is 0 Å². The third kappa shape index (κ3) is 5.38. The van der Waals surface area contributed by atoms with Crippen molar-refractivity contribution in [1.82, 2.24) is 10.2 Å². The number of rotatable bonds is 11. The lowest BCUT2D eigenvalue weighted by Crippen LogP contribution is -2.54. The molecule has 0 bridgehead atoms. The summed E-state index contributed by atoms with van der Waals surface area (Å²) in [5.74, 6) is -2.79. The minimum atomic E-state index is -1.06. The Morgan fingerprint density at radius 1 is 1.09 bits per heavy atom. The van der Waals surface area contributed by atoms with Crippen LogP contribution < -0.4 is 10.6 Å². The molecule has 0 spiro atoms. The smallest absolute Gasteiger partial charge is 0.264 e. The van der Waals surface area contributed by atoms with Gasteiger partial charge in [0.05, 0.1) is 43.1 Å². The van der Waals surface area contributed by atoms with Gasteiger partial charge in [-0.1, -0.05) is 19.4 Å². The number of piperidine rings is 1. The maximum Gasteiger partial charge on any atom is 0.264 e. The SMILES string of the molecule is CCCCOCCOCCC(=O)Nc1cccc2c1C(=O)N(C1CCC(=O)NC1=O)C2=O. The number of ether oxygens (including phenoxy) is 2. The molecule has 0 aliphatic carbocycles. The van der Waals surface area contributed by atoms with E-state index >= 15 is 0 Å². The Hall–Kier alpha value is -3.11. The second-order valence-electron chi connectivity index (χ2n) is 7.55. The number of carbonyl (C=O) groups excluding carboxylic acids is 5. The minimum Gasteiger partial charge on any atom is -0.379 e. The Labute approximate surface area is 185 Å². The fourth-order valence-corrected chi connectivity index (χ4v) is 3.57. The van der Waals surface area contributed by atoms with Crippen molar-refractivity contribution in [3.63, 3.8) is 0 Å². The third-order valence-corrected chi connectivity index (χ3v) is 5.23. The van der Waals surface area contributed by atoms with E-state index in [9.17, 15) is 24.0 Å². The lowest BCUT2D eigenvalue weighted by Gasteiger charge is -2.27. The summed E-state index contributed by atoms with van der Waals surface area (Å²) in [6.45, 7) is 3.79. The Morgan fingerprint density at radius 3 is 2.56 bits per heavy atom. The standard InChI is InChI=1S/C22H27N3O7/c1-2-3-10-31-12-13-32-11-9-18(27)23-15-6-4-5-14-19(15)22(30)25(21(14)29)16-7-8-17(26)24-20(16)28/h4-6,16H,2-3,7-13H2,1H3,(H,23,27)(H,24,26,28). The Bertz CT molecular complexity index is 915. The molecule has 3 rings (SSSR count). The summed E-state index contributed by atoms with van der Waals surface area (Å²) in [6.07, 6.45) is 2.22. The van der Waals surface area contributed by atoms with Crippen molar-refractivity contribution in [1.29, 1.82) is 0 Å². The molecule has 0 aromatic heterocycles. The summed E-state index contributed by atoms with van der Waals surface area (Å²) >= 11 is 0. The largest absolute Gasteiger partial charge is 0.379 e. The van der Waals surface area contributed by atoms with E-state index in [2.05, 4.69) is 17.6 Å². The number of carbonyl (C=O) groups is 5. The van der Waals surface area contributed by atoms with Crippen LogP contribution in [0.15, 0.2) is 18.2 Å². The number of imide groups is 2. The van der Waals surface area contributed by atoms with E-state index in [1.165, 1.54) is 12.1 Å². The van der Waals surface area contributed by atoms with Gasteiger partial charge < -0.3 is 14.8 Å². The van der Waals surface area contributed by atoms with Crippen LogP contribution in [-0.2, 0) is 23.9 Å². The van der Waals surface area contributed by atoms with Gasteiger partial charge in [0.1, 0.15) is 6.04 Å². The van der Waals surface area contributed by atoms with Gasteiger partial charge in [-0.2, -0.15) is 0 Å². The molecule has 2 N–H and O–H groups in total. The molecule has 1 unspecified atom stereocenters. The number of fused-ring (bicyclic) bond motifs is 1. The molecular weight excluding hydrogens is 418 g/mol. The number of hydrogen-bond donors (Lipinski definition) is 2. The van der Waals surface area contributed by atoms with E-state index in [-0.39, 0.29) is 48.6 Å². The van der Waals surface area contributed by atoms with E-state index in [1.54, 1.807) is 6.07 Å². The zero-order valence-corrected chi connectivity index (χ0v) is 18.0. The number of nitrogens with zero attached hydrogens (tertiary/aromatic N) is 1. The summed E-state index contributed by atoms with van der Waals surface area (Å²) in [4.78, 5) is 62.5. The fraction of sp³-hybridized carbons (Fsp3) is 0.500. The molecule has 2 aliphatic rings. The monoisotopic (exact) mass is 445 g/mol. The number of amides is 5. The number of hydrogen-bond acceptors (Lipinski definition) is 7. The number of anilines is 1. The average Bonchev–Trinajstić information content (AvgIpc) is 3.01. The highest BCUT2D eigenvalue weighted by molar-refractivity contribution is 6.26. The van der Waals surface area contributed by atoms with Crippen molar-refractivity contribution >= 4 is 35.2 Å². The van der Waals surface area contributed by atoms with Gasteiger partial charge >= 0.3 is 0 Å². The predicted octanol–water partition coefficient (Wildman–Crippen LogP) is 1.25. The van der Waals surface area contributed by atoms with Crippen molar-refractivity contribution in [3.8, 4) is 0 Å². The third-order valence-electron chi connectivity index (χ3n) is 5.23. The molecule has 1 aromatic rings. The Morgan fingerprint density at radius 2 is 1.84 bits per heavy atom. The van der Waals surface area contributed by atoms with Crippen molar-refractivity contribution in [2.45, 2.75) is 45.1 Å². The van der Waals surface area contributed by atoms with Gasteiger partial charge in [-0.15, -0.1) is 0 Å².